The third kappa shape index (κ3) is 2.85. The van der Waals surface area contributed by atoms with Gasteiger partial charge in [-0.1, -0.05) is 18.2 Å². The van der Waals surface area contributed by atoms with Gasteiger partial charge in [0.05, 0.1) is 17.5 Å². The maximum absolute atomic E-state index is 12.8. The molecule has 134 valence electrons. The molecule has 0 N–H and O–H groups in total. The number of carbonyl (C=O) groups is 3. The van der Waals surface area contributed by atoms with Crippen molar-refractivity contribution in [3.05, 3.63) is 54.5 Å². The first-order chi connectivity index (χ1) is 12.6. The molecule has 0 bridgehead atoms. The SMILES string of the molecule is O=C(c1ccoc1)N1CCC(N2CC(=O)N(c3ccccc3)C2=O)CC1. The van der Waals surface area contributed by atoms with E-state index in [9.17, 15) is 14.4 Å². The van der Waals surface area contributed by atoms with E-state index in [4.69, 9.17) is 4.42 Å². The summed E-state index contributed by atoms with van der Waals surface area (Å²) < 4.78 is 4.97. The third-order valence-electron chi connectivity index (χ3n) is 4.97. The van der Waals surface area contributed by atoms with Gasteiger partial charge in [0.2, 0.25) is 0 Å². The first kappa shape index (κ1) is 16.4. The first-order valence-electron chi connectivity index (χ1n) is 8.65. The van der Waals surface area contributed by atoms with Crippen LogP contribution in [0.4, 0.5) is 10.5 Å². The van der Waals surface area contributed by atoms with Crippen molar-refractivity contribution in [1.29, 1.82) is 0 Å². The number of anilines is 1. The number of nitrogens with zero attached hydrogens (tertiary/aromatic N) is 3. The smallest absolute Gasteiger partial charge is 0.332 e. The predicted molar refractivity (Wildman–Crippen MR) is 93.7 cm³/mol. The van der Waals surface area contributed by atoms with Crippen LogP contribution in [0.3, 0.4) is 0 Å². The highest BCUT2D eigenvalue weighted by Crippen LogP contribution is 2.26. The Morgan fingerprint density at radius 2 is 1.77 bits per heavy atom. The summed E-state index contributed by atoms with van der Waals surface area (Å²) in [4.78, 5) is 42.1. The molecule has 2 aliphatic rings. The molecule has 0 spiro atoms. The number of amides is 4. The van der Waals surface area contributed by atoms with Gasteiger partial charge in [0, 0.05) is 19.1 Å². The Morgan fingerprint density at radius 1 is 1.04 bits per heavy atom. The number of furan rings is 1. The van der Waals surface area contributed by atoms with Gasteiger partial charge in [-0.25, -0.2) is 9.69 Å². The summed E-state index contributed by atoms with van der Waals surface area (Å²) in [6.45, 7) is 1.20. The molecule has 0 aliphatic carbocycles. The van der Waals surface area contributed by atoms with Crippen LogP contribution in [0.1, 0.15) is 23.2 Å². The number of urea groups is 1. The second-order valence-electron chi connectivity index (χ2n) is 6.51. The summed E-state index contributed by atoms with van der Waals surface area (Å²) in [5.74, 6) is -0.273. The molecule has 3 heterocycles. The third-order valence-corrected chi connectivity index (χ3v) is 4.97. The fraction of sp³-hybridized carbons (Fsp3) is 0.316. The lowest BCUT2D eigenvalue weighted by atomic mass is 10.0. The summed E-state index contributed by atoms with van der Waals surface area (Å²) >= 11 is 0. The zero-order chi connectivity index (χ0) is 18.1. The summed E-state index contributed by atoms with van der Waals surface area (Å²) in [7, 11) is 0. The summed E-state index contributed by atoms with van der Waals surface area (Å²) in [5.41, 5.74) is 1.13. The van der Waals surface area contributed by atoms with Crippen molar-refractivity contribution in [3.63, 3.8) is 0 Å². The number of hydrogen-bond donors (Lipinski definition) is 0. The standard InChI is InChI=1S/C19H19N3O4/c23-17-12-21(19(25)22(17)16-4-2-1-3-5-16)15-6-9-20(10-7-15)18(24)14-8-11-26-13-14/h1-5,8,11,13,15H,6-7,9-10,12H2. The van der Waals surface area contributed by atoms with Crippen LogP contribution in [0.15, 0.2) is 53.3 Å². The fourth-order valence-electron chi connectivity index (χ4n) is 3.59. The lowest BCUT2D eigenvalue weighted by molar-refractivity contribution is -0.116. The van der Waals surface area contributed by atoms with Crippen LogP contribution in [0.5, 0.6) is 0 Å². The molecule has 1 aromatic heterocycles. The number of carbonyl (C=O) groups excluding carboxylic acids is 3. The molecule has 2 fully saturated rings. The number of imide groups is 1. The van der Waals surface area contributed by atoms with Gasteiger partial charge in [0.25, 0.3) is 11.8 Å². The molecule has 0 saturated carbocycles. The maximum atomic E-state index is 12.8. The molecule has 0 atom stereocenters. The average molecular weight is 353 g/mol. The molecule has 4 rings (SSSR count). The Kier molecular flexibility index (Phi) is 4.20. The van der Waals surface area contributed by atoms with Crippen LogP contribution in [0.25, 0.3) is 0 Å². The van der Waals surface area contributed by atoms with Crippen molar-refractivity contribution in [2.45, 2.75) is 18.9 Å². The van der Waals surface area contributed by atoms with Gasteiger partial charge in [0.1, 0.15) is 12.8 Å². The highest BCUT2D eigenvalue weighted by molar-refractivity contribution is 6.19. The lowest BCUT2D eigenvalue weighted by Crippen LogP contribution is -2.48. The van der Waals surface area contributed by atoms with E-state index in [0.717, 1.165) is 0 Å². The minimum Gasteiger partial charge on any atom is -0.472 e. The number of hydrogen-bond acceptors (Lipinski definition) is 4. The lowest BCUT2D eigenvalue weighted by Gasteiger charge is -2.36. The van der Waals surface area contributed by atoms with Crippen molar-refractivity contribution >= 4 is 23.5 Å². The van der Waals surface area contributed by atoms with E-state index in [0.29, 0.717) is 37.2 Å². The number of para-hydroxylation sites is 1. The van der Waals surface area contributed by atoms with Crippen molar-refractivity contribution in [1.82, 2.24) is 9.80 Å². The van der Waals surface area contributed by atoms with Gasteiger partial charge in [-0.05, 0) is 31.0 Å². The van der Waals surface area contributed by atoms with E-state index >= 15 is 0 Å². The largest absolute Gasteiger partial charge is 0.472 e. The summed E-state index contributed by atoms with van der Waals surface area (Å²) in [5, 5.41) is 0. The Morgan fingerprint density at radius 3 is 2.42 bits per heavy atom. The van der Waals surface area contributed by atoms with E-state index in [1.807, 2.05) is 6.07 Å². The van der Waals surface area contributed by atoms with Gasteiger partial charge in [-0.3, -0.25) is 9.59 Å². The van der Waals surface area contributed by atoms with Gasteiger partial charge < -0.3 is 14.2 Å². The van der Waals surface area contributed by atoms with E-state index in [-0.39, 0.29) is 30.4 Å². The molecular formula is C19H19N3O4. The zero-order valence-electron chi connectivity index (χ0n) is 14.2. The van der Waals surface area contributed by atoms with E-state index < -0.39 is 0 Å². The first-order valence-corrected chi connectivity index (χ1v) is 8.65. The fourth-order valence-corrected chi connectivity index (χ4v) is 3.59. The monoisotopic (exact) mass is 353 g/mol. The van der Waals surface area contributed by atoms with Crippen molar-refractivity contribution in [3.8, 4) is 0 Å². The Labute approximate surface area is 150 Å². The van der Waals surface area contributed by atoms with Crippen molar-refractivity contribution in [2.75, 3.05) is 24.5 Å². The molecule has 7 nitrogen and oxygen atoms in total. The topological polar surface area (TPSA) is 74.1 Å². The average Bonchev–Trinajstić information content (AvgIpc) is 3.30. The van der Waals surface area contributed by atoms with Crippen LogP contribution in [0.2, 0.25) is 0 Å². The molecule has 26 heavy (non-hydrogen) atoms. The van der Waals surface area contributed by atoms with Gasteiger partial charge in [-0.2, -0.15) is 0 Å². The molecule has 2 aliphatic heterocycles. The minimum atomic E-state index is -0.277. The van der Waals surface area contributed by atoms with E-state index in [1.165, 1.54) is 17.4 Å². The Balaban J connectivity index is 1.41. The Hall–Kier alpha value is -3.09. The van der Waals surface area contributed by atoms with E-state index in [1.54, 1.807) is 40.1 Å². The summed E-state index contributed by atoms with van der Waals surface area (Å²) in [6.07, 6.45) is 4.23. The highest BCUT2D eigenvalue weighted by atomic mass is 16.3. The Bertz CT molecular complexity index is 811. The molecule has 7 heteroatoms. The van der Waals surface area contributed by atoms with Gasteiger partial charge in [0.15, 0.2) is 0 Å². The van der Waals surface area contributed by atoms with Crippen LogP contribution in [-0.2, 0) is 4.79 Å². The second-order valence-corrected chi connectivity index (χ2v) is 6.51. The quantitative estimate of drug-likeness (QED) is 0.794. The number of piperidine rings is 1. The zero-order valence-corrected chi connectivity index (χ0v) is 14.2. The number of benzene rings is 1. The summed E-state index contributed by atoms with van der Waals surface area (Å²) in [6, 6.07) is 10.3. The molecule has 2 aromatic rings. The van der Waals surface area contributed by atoms with Gasteiger partial charge in [-0.15, -0.1) is 0 Å². The van der Waals surface area contributed by atoms with Crippen LogP contribution in [0, 0.1) is 0 Å². The van der Waals surface area contributed by atoms with Crippen molar-refractivity contribution in [2.24, 2.45) is 0 Å². The van der Waals surface area contributed by atoms with Crippen LogP contribution < -0.4 is 4.90 Å². The molecule has 1 aromatic carbocycles. The van der Waals surface area contributed by atoms with Crippen molar-refractivity contribution < 1.29 is 18.8 Å². The highest BCUT2D eigenvalue weighted by Gasteiger charge is 2.41. The molecule has 2 saturated heterocycles. The van der Waals surface area contributed by atoms with Crippen LogP contribution in [-0.4, -0.2) is 53.3 Å². The molecule has 0 unspecified atom stereocenters. The number of rotatable bonds is 3. The number of likely N-dealkylation sites (tertiary alicyclic amines) is 1. The van der Waals surface area contributed by atoms with E-state index in [2.05, 4.69) is 0 Å². The minimum absolute atomic E-state index is 0.0337. The maximum Gasteiger partial charge on any atom is 0.332 e. The van der Waals surface area contributed by atoms with Gasteiger partial charge >= 0.3 is 6.03 Å². The molecule has 4 amide bonds. The molecular weight excluding hydrogens is 334 g/mol. The normalized spacial score (nSPS) is 18.7. The predicted octanol–water partition coefficient (Wildman–Crippen LogP) is 2.35. The van der Waals surface area contributed by atoms with Crippen LogP contribution >= 0.6 is 0 Å². The second kappa shape index (κ2) is 6.67. The molecule has 0 radical (unpaired) electrons.